The van der Waals surface area contributed by atoms with Crippen molar-refractivity contribution in [2.45, 2.75) is 65.0 Å². The first kappa shape index (κ1) is 19.6. The van der Waals surface area contributed by atoms with Gasteiger partial charge < -0.3 is 19.9 Å². The van der Waals surface area contributed by atoms with E-state index in [0.717, 1.165) is 31.2 Å². The summed E-state index contributed by atoms with van der Waals surface area (Å²) in [5.74, 6) is 1.75. The molecule has 5 atom stereocenters. The summed E-state index contributed by atoms with van der Waals surface area (Å²) in [6.07, 6.45) is 4.68. The second-order valence-corrected chi connectivity index (χ2v) is 9.52. The van der Waals surface area contributed by atoms with Gasteiger partial charge in [-0.2, -0.15) is 0 Å². The van der Waals surface area contributed by atoms with Gasteiger partial charge in [0, 0.05) is 19.1 Å². The molecule has 2 bridgehead atoms. The summed E-state index contributed by atoms with van der Waals surface area (Å²) in [6.45, 7) is 7.39. The lowest BCUT2D eigenvalue weighted by Crippen LogP contribution is -2.58. The number of carbonyl (C=O) groups excluding carboxylic acids is 1. The van der Waals surface area contributed by atoms with Crippen molar-refractivity contribution in [2.75, 3.05) is 13.7 Å². The highest BCUT2D eigenvalue weighted by atomic mass is 16.5. The largest absolute Gasteiger partial charge is 0.504 e. The molecule has 1 aliphatic heterocycles. The number of phenols is 1. The molecule has 1 aromatic rings. The van der Waals surface area contributed by atoms with E-state index < -0.39 is 0 Å². The van der Waals surface area contributed by atoms with E-state index in [4.69, 9.17) is 9.47 Å². The maximum Gasteiger partial charge on any atom is 0.220 e. The molecule has 1 amide bonds. The summed E-state index contributed by atoms with van der Waals surface area (Å²) < 4.78 is 11.5. The monoisotopic (exact) mass is 387 g/mol. The Morgan fingerprint density at radius 3 is 2.86 bits per heavy atom. The van der Waals surface area contributed by atoms with Crippen LogP contribution in [0.5, 0.6) is 11.5 Å². The Hall–Kier alpha value is -1.75. The molecule has 5 heteroatoms. The zero-order valence-electron chi connectivity index (χ0n) is 17.5. The van der Waals surface area contributed by atoms with Crippen LogP contribution in [-0.4, -0.2) is 30.8 Å². The van der Waals surface area contributed by atoms with Crippen LogP contribution in [-0.2, 0) is 9.53 Å². The van der Waals surface area contributed by atoms with Gasteiger partial charge in [0.25, 0.3) is 0 Å². The van der Waals surface area contributed by atoms with Gasteiger partial charge in [-0.15, -0.1) is 0 Å². The van der Waals surface area contributed by atoms with Gasteiger partial charge in [0.15, 0.2) is 11.5 Å². The van der Waals surface area contributed by atoms with Crippen molar-refractivity contribution in [1.82, 2.24) is 5.32 Å². The number of phenolic OH excluding ortho intramolecular Hbond substituents is 1. The summed E-state index contributed by atoms with van der Waals surface area (Å²) >= 11 is 0. The number of benzene rings is 1. The molecular formula is C23H33NO4. The van der Waals surface area contributed by atoms with Crippen LogP contribution in [0.15, 0.2) is 18.2 Å². The quantitative estimate of drug-likeness (QED) is 0.795. The third-order valence-corrected chi connectivity index (χ3v) is 7.82. The number of ether oxygens (including phenoxy) is 2. The summed E-state index contributed by atoms with van der Waals surface area (Å²) in [6, 6.07) is 5.78. The van der Waals surface area contributed by atoms with E-state index in [9.17, 15) is 9.90 Å². The van der Waals surface area contributed by atoms with Gasteiger partial charge in [0.2, 0.25) is 5.91 Å². The van der Waals surface area contributed by atoms with Crippen molar-refractivity contribution in [2.24, 2.45) is 22.7 Å². The molecule has 5 nitrogen and oxygen atoms in total. The minimum Gasteiger partial charge on any atom is -0.504 e. The average molecular weight is 388 g/mol. The standard InChI is InChI=1S/C23H33NO4/c1-5-6-19(26)24-21-22(2,3)15-12-16-20(28-10-9-23(16,21)13-15)14-7-8-18(27-4)17(25)11-14/h7-8,11,15-16,20-21,25H,5-6,9-10,12-13H2,1-4H3,(H,24,26)/t15-,16-,20-,21-,23-/m1/s1. The Morgan fingerprint density at radius 2 is 2.18 bits per heavy atom. The molecule has 0 radical (unpaired) electrons. The number of fused-ring (bicyclic) bond motifs is 1. The predicted octanol–water partition coefficient (Wildman–Crippen LogP) is 4.20. The van der Waals surface area contributed by atoms with Gasteiger partial charge in [-0.25, -0.2) is 0 Å². The molecule has 1 saturated heterocycles. The van der Waals surface area contributed by atoms with Crippen LogP contribution in [0.25, 0.3) is 0 Å². The van der Waals surface area contributed by atoms with Crippen LogP contribution >= 0.6 is 0 Å². The van der Waals surface area contributed by atoms with E-state index in [0.29, 0.717) is 30.6 Å². The van der Waals surface area contributed by atoms with Crippen molar-refractivity contribution in [3.05, 3.63) is 23.8 Å². The van der Waals surface area contributed by atoms with Gasteiger partial charge in [-0.3, -0.25) is 4.79 Å². The van der Waals surface area contributed by atoms with Crippen molar-refractivity contribution < 1.29 is 19.4 Å². The smallest absolute Gasteiger partial charge is 0.220 e. The number of hydrogen-bond donors (Lipinski definition) is 2. The molecule has 1 spiro atoms. The minimum atomic E-state index is -0.0442. The second-order valence-electron chi connectivity index (χ2n) is 9.52. The molecule has 1 aromatic carbocycles. The maximum atomic E-state index is 12.5. The molecule has 4 rings (SSSR count). The lowest BCUT2D eigenvalue weighted by molar-refractivity contribution is -0.137. The molecule has 3 fully saturated rings. The SMILES string of the molecule is CCCC(=O)N[C@@H]1C(C)(C)[C@@H]2C[C@@H]3[C@@H](c4ccc(OC)c(O)c4)OCC[C@@]31C2. The fourth-order valence-corrected chi connectivity index (χ4v) is 6.46. The zero-order chi connectivity index (χ0) is 20.1. The average Bonchev–Trinajstić information content (AvgIpc) is 3.14. The van der Waals surface area contributed by atoms with E-state index >= 15 is 0 Å². The van der Waals surface area contributed by atoms with Gasteiger partial charge >= 0.3 is 0 Å². The fraction of sp³-hybridized carbons (Fsp3) is 0.696. The third-order valence-electron chi connectivity index (χ3n) is 7.82. The highest BCUT2D eigenvalue weighted by Crippen LogP contribution is 2.70. The molecule has 3 aliphatic rings. The fourth-order valence-electron chi connectivity index (χ4n) is 6.46. The Morgan fingerprint density at radius 1 is 1.39 bits per heavy atom. The summed E-state index contributed by atoms with van der Waals surface area (Å²) in [5, 5.41) is 13.7. The lowest BCUT2D eigenvalue weighted by atomic mass is 9.59. The van der Waals surface area contributed by atoms with E-state index in [1.165, 1.54) is 0 Å². The Balaban J connectivity index is 1.66. The molecule has 2 saturated carbocycles. The van der Waals surface area contributed by atoms with Crippen molar-refractivity contribution in [1.29, 1.82) is 0 Å². The van der Waals surface area contributed by atoms with Crippen LogP contribution in [0.1, 0.15) is 64.5 Å². The first-order valence-corrected chi connectivity index (χ1v) is 10.6. The van der Waals surface area contributed by atoms with E-state index in [2.05, 4.69) is 19.2 Å². The highest BCUT2D eigenvalue weighted by Gasteiger charge is 2.68. The zero-order valence-corrected chi connectivity index (χ0v) is 17.5. The number of amides is 1. The number of aromatic hydroxyl groups is 1. The van der Waals surface area contributed by atoms with Gasteiger partial charge in [-0.05, 0) is 66.0 Å². The molecule has 154 valence electrons. The van der Waals surface area contributed by atoms with Gasteiger partial charge in [0.1, 0.15) is 0 Å². The van der Waals surface area contributed by atoms with Gasteiger partial charge in [0.05, 0.1) is 13.2 Å². The summed E-state index contributed by atoms with van der Waals surface area (Å²) in [7, 11) is 1.56. The molecule has 2 aliphatic carbocycles. The molecule has 0 unspecified atom stereocenters. The molecule has 0 aromatic heterocycles. The summed E-state index contributed by atoms with van der Waals surface area (Å²) in [4.78, 5) is 12.5. The number of nitrogens with one attached hydrogen (secondary N) is 1. The highest BCUT2D eigenvalue weighted by molar-refractivity contribution is 5.76. The number of hydrogen-bond acceptors (Lipinski definition) is 4. The minimum absolute atomic E-state index is 0.0442. The van der Waals surface area contributed by atoms with Gasteiger partial charge in [-0.1, -0.05) is 26.8 Å². The number of rotatable bonds is 5. The lowest BCUT2D eigenvalue weighted by Gasteiger charge is -2.53. The topological polar surface area (TPSA) is 67.8 Å². The van der Waals surface area contributed by atoms with Crippen LogP contribution in [0.4, 0.5) is 0 Å². The van der Waals surface area contributed by atoms with Crippen molar-refractivity contribution in [3.8, 4) is 11.5 Å². The van der Waals surface area contributed by atoms with Crippen LogP contribution in [0.3, 0.4) is 0 Å². The molecule has 28 heavy (non-hydrogen) atoms. The third kappa shape index (κ3) is 2.81. The van der Waals surface area contributed by atoms with E-state index in [1.807, 2.05) is 19.1 Å². The first-order chi connectivity index (χ1) is 13.3. The van der Waals surface area contributed by atoms with E-state index in [-0.39, 0.29) is 34.6 Å². The number of carbonyl (C=O) groups is 1. The molecule has 2 N–H and O–H groups in total. The Kier molecular flexibility index (Phi) is 4.85. The first-order valence-electron chi connectivity index (χ1n) is 10.6. The second kappa shape index (κ2) is 6.94. The predicted molar refractivity (Wildman–Crippen MR) is 107 cm³/mol. The van der Waals surface area contributed by atoms with Crippen LogP contribution in [0, 0.1) is 22.7 Å². The van der Waals surface area contributed by atoms with Crippen molar-refractivity contribution >= 4 is 5.91 Å². The normalized spacial score (nSPS) is 35.4. The summed E-state index contributed by atoms with van der Waals surface area (Å²) in [5.41, 5.74) is 1.19. The Bertz CT molecular complexity index is 761. The maximum absolute atomic E-state index is 12.5. The molecular weight excluding hydrogens is 354 g/mol. The Labute approximate surface area is 167 Å². The van der Waals surface area contributed by atoms with Crippen molar-refractivity contribution in [3.63, 3.8) is 0 Å². The number of methoxy groups -OCH3 is 1. The van der Waals surface area contributed by atoms with Crippen LogP contribution < -0.4 is 10.1 Å². The van der Waals surface area contributed by atoms with Crippen LogP contribution in [0.2, 0.25) is 0 Å². The van der Waals surface area contributed by atoms with E-state index in [1.54, 1.807) is 13.2 Å². The molecule has 1 heterocycles.